The van der Waals surface area contributed by atoms with Crippen LogP contribution in [0.1, 0.15) is 10.4 Å². The summed E-state index contributed by atoms with van der Waals surface area (Å²) < 4.78 is 0. The molecular weight excluding hydrogens is 314 g/mol. The van der Waals surface area contributed by atoms with Crippen molar-refractivity contribution < 1.29 is 39.5 Å². The molecule has 1 unspecified atom stereocenters. The molecule has 3 rings (SSSR count). The van der Waals surface area contributed by atoms with Gasteiger partial charge in [-0.15, -0.1) is 9.24 Å². The van der Waals surface area contributed by atoms with Gasteiger partial charge in [-0.3, -0.25) is 0 Å². The molecule has 0 N–H and O–H groups in total. The normalized spacial score (nSPS) is 9.96. The third-order valence-corrected chi connectivity index (χ3v) is 4.21. The Labute approximate surface area is 160 Å². The van der Waals surface area contributed by atoms with Crippen molar-refractivity contribution in [1.29, 1.82) is 0 Å². The van der Waals surface area contributed by atoms with E-state index in [4.69, 9.17) is 0 Å². The van der Waals surface area contributed by atoms with Crippen molar-refractivity contribution in [2.75, 3.05) is 0 Å². The Balaban J connectivity index is 0.00000192. The van der Waals surface area contributed by atoms with Gasteiger partial charge in [0.1, 0.15) is 0 Å². The van der Waals surface area contributed by atoms with Crippen molar-refractivity contribution in [3.05, 3.63) is 78.4 Å². The fraction of sp³-hybridized carbons (Fsp3) is 0. The van der Waals surface area contributed by atoms with E-state index < -0.39 is 5.97 Å². The average molecular weight is 328 g/mol. The summed E-state index contributed by atoms with van der Waals surface area (Å²) in [7, 11) is 2.55. The Morgan fingerprint density at radius 2 is 1.30 bits per heavy atom. The Morgan fingerprint density at radius 1 is 0.783 bits per heavy atom. The summed E-state index contributed by atoms with van der Waals surface area (Å²) in [6.45, 7) is 0. The maximum Gasteiger partial charge on any atom is 1.00 e. The zero-order valence-electron chi connectivity index (χ0n) is 12.8. The molecule has 0 heterocycles. The maximum absolute atomic E-state index is 11.3. The van der Waals surface area contributed by atoms with Crippen LogP contribution in [0.3, 0.4) is 0 Å². The zero-order chi connectivity index (χ0) is 15.5. The number of aromatic carboxylic acids is 1. The topological polar surface area (TPSA) is 40.1 Å². The molecule has 0 saturated heterocycles. The number of benzene rings is 3. The summed E-state index contributed by atoms with van der Waals surface area (Å²) in [5, 5.41) is 12.0. The molecule has 23 heavy (non-hydrogen) atoms. The van der Waals surface area contributed by atoms with Crippen LogP contribution in [0.5, 0.6) is 0 Å². The van der Waals surface area contributed by atoms with Crippen molar-refractivity contribution >= 4 is 20.5 Å². The molecule has 1 atom stereocenters. The fourth-order valence-corrected chi connectivity index (χ4v) is 3.11. The minimum atomic E-state index is -1.17. The van der Waals surface area contributed by atoms with Gasteiger partial charge in [0.2, 0.25) is 0 Å². The molecule has 0 amide bonds. The molecule has 3 aromatic carbocycles. The molecular formula is C19H14NaO2P. The van der Waals surface area contributed by atoms with Crippen LogP contribution in [0.15, 0.2) is 72.8 Å². The minimum Gasteiger partial charge on any atom is -0.545 e. The Hall–Kier alpha value is -1.44. The predicted molar refractivity (Wildman–Crippen MR) is 91.0 cm³/mol. The molecule has 0 bridgehead atoms. The molecule has 0 aliphatic heterocycles. The van der Waals surface area contributed by atoms with Crippen LogP contribution in [-0.4, -0.2) is 5.97 Å². The second kappa shape index (κ2) is 7.90. The van der Waals surface area contributed by atoms with Crippen molar-refractivity contribution in [2.45, 2.75) is 0 Å². The number of hydrogen-bond donors (Lipinski definition) is 0. The molecule has 0 saturated carbocycles. The summed E-state index contributed by atoms with van der Waals surface area (Å²) in [6, 6.07) is 23.2. The van der Waals surface area contributed by atoms with Crippen LogP contribution in [0.25, 0.3) is 22.3 Å². The van der Waals surface area contributed by atoms with Crippen LogP contribution >= 0.6 is 9.24 Å². The number of carboxylic acids is 1. The molecule has 0 fully saturated rings. The number of hydrogen-bond acceptors (Lipinski definition) is 2. The van der Waals surface area contributed by atoms with Gasteiger partial charge in [0, 0.05) is 5.56 Å². The molecule has 3 aromatic rings. The van der Waals surface area contributed by atoms with Crippen molar-refractivity contribution in [3.8, 4) is 22.3 Å². The summed E-state index contributed by atoms with van der Waals surface area (Å²) in [6.07, 6.45) is 0. The number of carboxylic acid groups (broad SMARTS) is 1. The molecule has 0 spiro atoms. The molecule has 2 nitrogen and oxygen atoms in total. The SMILES string of the molecule is O=C([O-])c1ccc(-c2ccccc2)c(-c2ccccc2)c1P.[Na+]. The van der Waals surface area contributed by atoms with E-state index in [-0.39, 0.29) is 35.1 Å². The molecule has 0 aliphatic rings. The van der Waals surface area contributed by atoms with Crippen LogP contribution < -0.4 is 40.0 Å². The first-order chi connectivity index (χ1) is 10.7. The van der Waals surface area contributed by atoms with Crippen LogP contribution in [0.4, 0.5) is 0 Å². The molecule has 108 valence electrons. The first-order valence-electron chi connectivity index (χ1n) is 6.93. The van der Waals surface area contributed by atoms with Crippen LogP contribution in [0.2, 0.25) is 0 Å². The van der Waals surface area contributed by atoms with Crippen molar-refractivity contribution in [2.24, 2.45) is 0 Å². The van der Waals surface area contributed by atoms with E-state index in [1.165, 1.54) is 0 Å². The summed E-state index contributed by atoms with van der Waals surface area (Å²) in [4.78, 5) is 11.3. The van der Waals surface area contributed by atoms with E-state index in [0.29, 0.717) is 5.30 Å². The standard InChI is InChI=1S/C19H15O2P.Na/c20-19(21)16-12-11-15(13-7-3-1-4-8-13)17(18(16)22)14-9-5-2-6-10-14;/h1-12H,22H2,(H,20,21);/q;+1/p-1. The van der Waals surface area contributed by atoms with Gasteiger partial charge in [0.15, 0.2) is 0 Å². The summed E-state index contributed by atoms with van der Waals surface area (Å²) in [5.74, 6) is -1.17. The zero-order valence-corrected chi connectivity index (χ0v) is 16.0. The Kier molecular flexibility index (Phi) is 6.15. The van der Waals surface area contributed by atoms with Gasteiger partial charge in [-0.05, 0) is 27.6 Å². The van der Waals surface area contributed by atoms with Crippen LogP contribution in [0, 0.1) is 0 Å². The molecule has 0 aromatic heterocycles. The van der Waals surface area contributed by atoms with E-state index in [1.807, 2.05) is 66.7 Å². The summed E-state index contributed by atoms with van der Waals surface area (Å²) in [5.41, 5.74) is 4.13. The second-order valence-electron chi connectivity index (χ2n) is 4.97. The van der Waals surface area contributed by atoms with Gasteiger partial charge >= 0.3 is 29.6 Å². The van der Waals surface area contributed by atoms with E-state index >= 15 is 0 Å². The Morgan fingerprint density at radius 3 is 1.83 bits per heavy atom. The van der Waals surface area contributed by atoms with Crippen molar-refractivity contribution in [1.82, 2.24) is 0 Å². The summed E-state index contributed by atoms with van der Waals surface area (Å²) >= 11 is 0. The Bertz CT molecular complexity index is 818. The van der Waals surface area contributed by atoms with Gasteiger partial charge in [-0.25, -0.2) is 0 Å². The maximum atomic E-state index is 11.3. The third-order valence-electron chi connectivity index (χ3n) is 3.61. The van der Waals surface area contributed by atoms with Crippen molar-refractivity contribution in [3.63, 3.8) is 0 Å². The number of carbonyl (C=O) groups excluding carboxylic acids is 1. The largest absolute Gasteiger partial charge is 1.00 e. The van der Waals surface area contributed by atoms with Gasteiger partial charge in [-0.2, -0.15) is 0 Å². The first kappa shape index (κ1) is 17.9. The molecule has 0 radical (unpaired) electrons. The van der Waals surface area contributed by atoms with Gasteiger partial charge in [-0.1, -0.05) is 72.8 Å². The van der Waals surface area contributed by atoms with Crippen LogP contribution in [-0.2, 0) is 0 Å². The smallest absolute Gasteiger partial charge is 0.545 e. The van der Waals surface area contributed by atoms with E-state index in [9.17, 15) is 9.90 Å². The molecule has 4 heteroatoms. The monoisotopic (exact) mass is 328 g/mol. The predicted octanol–water partition coefficient (Wildman–Crippen LogP) is -0.112. The second-order valence-corrected chi connectivity index (χ2v) is 5.55. The third kappa shape index (κ3) is 3.73. The van der Waals surface area contributed by atoms with Gasteiger partial charge in [0.05, 0.1) is 5.97 Å². The molecule has 0 aliphatic carbocycles. The number of carbonyl (C=O) groups is 1. The average Bonchev–Trinajstić information content (AvgIpc) is 2.55. The quantitative estimate of drug-likeness (QED) is 0.497. The van der Waals surface area contributed by atoms with Gasteiger partial charge < -0.3 is 9.90 Å². The van der Waals surface area contributed by atoms with E-state index in [0.717, 1.165) is 22.3 Å². The number of rotatable bonds is 3. The first-order valence-corrected chi connectivity index (χ1v) is 7.51. The fourth-order valence-electron chi connectivity index (χ4n) is 2.57. The van der Waals surface area contributed by atoms with E-state index in [2.05, 4.69) is 9.24 Å². The van der Waals surface area contributed by atoms with Gasteiger partial charge in [0.25, 0.3) is 0 Å². The van der Waals surface area contributed by atoms with E-state index in [1.54, 1.807) is 6.07 Å². The minimum absolute atomic E-state index is 0.